The van der Waals surface area contributed by atoms with Crippen LogP contribution < -0.4 is 10.6 Å². The third-order valence-electron chi connectivity index (χ3n) is 3.65. The summed E-state index contributed by atoms with van der Waals surface area (Å²) < 4.78 is 6.74. The highest BCUT2D eigenvalue weighted by Crippen LogP contribution is 2.29. The number of methoxy groups -OCH3 is 1. The molecule has 0 unspecified atom stereocenters. The normalized spacial score (nSPS) is 10.7. The van der Waals surface area contributed by atoms with Crippen molar-refractivity contribution in [3.05, 3.63) is 39.0 Å². The minimum absolute atomic E-state index is 0.0201. The van der Waals surface area contributed by atoms with E-state index >= 15 is 0 Å². The van der Waals surface area contributed by atoms with E-state index in [1.165, 1.54) is 18.4 Å². The predicted octanol–water partition coefficient (Wildman–Crippen LogP) is 4.29. The number of ether oxygens (including phenoxy) is 1. The predicted molar refractivity (Wildman–Crippen MR) is 114 cm³/mol. The zero-order chi connectivity index (χ0) is 20.3. The van der Waals surface area contributed by atoms with E-state index in [1.54, 1.807) is 24.3 Å². The highest BCUT2D eigenvalue weighted by atomic mass is 79.9. The molecular weight excluding hydrogens is 516 g/mol. The van der Waals surface area contributed by atoms with E-state index in [0.29, 0.717) is 26.6 Å². The van der Waals surface area contributed by atoms with Gasteiger partial charge in [0.25, 0.3) is 5.91 Å². The van der Waals surface area contributed by atoms with Crippen molar-refractivity contribution >= 4 is 82.0 Å². The molecule has 0 bridgehead atoms. The Morgan fingerprint density at radius 3 is 2.64 bits per heavy atom. The van der Waals surface area contributed by atoms with Crippen molar-refractivity contribution in [1.29, 1.82) is 0 Å². The number of amides is 2. The largest absolute Gasteiger partial charge is 0.469 e. The highest BCUT2D eigenvalue weighted by molar-refractivity contribution is 9.13. The lowest BCUT2D eigenvalue weighted by Gasteiger charge is -2.04. The minimum Gasteiger partial charge on any atom is -0.469 e. The molecule has 146 valence electrons. The van der Waals surface area contributed by atoms with Crippen LogP contribution in [0.2, 0.25) is 0 Å². The van der Waals surface area contributed by atoms with Crippen LogP contribution in [0.5, 0.6) is 0 Å². The highest BCUT2D eigenvalue weighted by Gasteiger charge is 2.14. The van der Waals surface area contributed by atoms with Crippen LogP contribution in [0.15, 0.2) is 33.3 Å². The number of benzene rings is 1. The van der Waals surface area contributed by atoms with Crippen LogP contribution in [-0.2, 0) is 14.3 Å². The number of halogens is 2. The standard InChI is InChI=1S/C17H14Br2N4O4S/c1-27-14(25)5-4-13(24)20-8-2-3-10-12(6-8)28-17(22-10)23-16(26)11-7-9(18)15(19)21-11/h2-3,6-7,21H,4-5H2,1H3,(H,20,24)(H,22,23,26). The number of rotatable bonds is 6. The van der Waals surface area contributed by atoms with Crippen LogP contribution in [0.4, 0.5) is 10.8 Å². The van der Waals surface area contributed by atoms with E-state index in [2.05, 4.69) is 57.2 Å². The number of esters is 1. The molecule has 0 saturated heterocycles. The van der Waals surface area contributed by atoms with Crippen molar-refractivity contribution in [2.24, 2.45) is 0 Å². The average Bonchev–Trinajstić information content (AvgIpc) is 3.21. The van der Waals surface area contributed by atoms with Gasteiger partial charge >= 0.3 is 5.97 Å². The molecule has 3 aromatic rings. The van der Waals surface area contributed by atoms with Crippen molar-refractivity contribution < 1.29 is 19.1 Å². The number of anilines is 2. The molecule has 1 aromatic carbocycles. The molecule has 8 nitrogen and oxygen atoms in total. The summed E-state index contributed by atoms with van der Waals surface area (Å²) in [5.74, 6) is -1.04. The van der Waals surface area contributed by atoms with Crippen molar-refractivity contribution in [3.8, 4) is 0 Å². The lowest BCUT2D eigenvalue weighted by Crippen LogP contribution is -2.13. The molecule has 2 amide bonds. The Morgan fingerprint density at radius 2 is 1.96 bits per heavy atom. The second-order valence-corrected chi connectivity index (χ2v) is 8.30. The Bertz CT molecular complexity index is 1040. The molecule has 3 rings (SSSR count). The number of carbonyl (C=O) groups is 3. The van der Waals surface area contributed by atoms with Crippen LogP contribution in [-0.4, -0.2) is 34.9 Å². The first-order valence-electron chi connectivity index (χ1n) is 7.98. The first-order chi connectivity index (χ1) is 13.4. The van der Waals surface area contributed by atoms with Gasteiger partial charge in [0.2, 0.25) is 5.91 Å². The molecule has 2 heterocycles. The molecule has 3 N–H and O–H groups in total. The zero-order valence-electron chi connectivity index (χ0n) is 14.5. The molecule has 0 atom stereocenters. The molecule has 0 aliphatic rings. The lowest BCUT2D eigenvalue weighted by atomic mass is 10.2. The quantitative estimate of drug-likeness (QED) is 0.412. The molecular formula is C17H14Br2N4O4S. The Balaban J connectivity index is 1.67. The monoisotopic (exact) mass is 528 g/mol. The Hall–Kier alpha value is -2.24. The van der Waals surface area contributed by atoms with Gasteiger partial charge < -0.3 is 15.0 Å². The van der Waals surface area contributed by atoms with E-state index in [4.69, 9.17) is 0 Å². The van der Waals surface area contributed by atoms with E-state index in [-0.39, 0.29) is 24.7 Å². The van der Waals surface area contributed by atoms with Crippen LogP contribution in [0, 0.1) is 0 Å². The van der Waals surface area contributed by atoms with Crippen LogP contribution in [0.25, 0.3) is 10.2 Å². The van der Waals surface area contributed by atoms with Crippen LogP contribution >= 0.6 is 43.2 Å². The van der Waals surface area contributed by atoms with Gasteiger partial charge in [-0.25, -0.2) is 4.98 Å². The van der Waals surface area contributed by atoms with Crippen LogP contribution in [0.1, 0.15) is 23.3 Å². The van der Waals surface area contributed by atoms with Gasteiger partial charge in [-0.15, -0.1) is 0 Å². The Morgan fingerprint density at radius 1 is 1.18 bits per heavy atom. The van der Waals surface area contributed by atoms with Crippen molar-refractivity contribution in [1.82, 2.24) is 9.97 Å². The minimum atomic E-state index is -0.436. The zero-order valence-corrected chi connectivity index (χ0v) is 18.5. The smallest absolute Gasteiger partial charge is 0.306 e. The molecule has 0 aliphatic heterocycles. The van der Waals surface area contributed by atoms with Gasteiger partial charge in [0.1, 0.15) is 5.69 Å². The number of aromatic nitrogens is 2. The maximum atomic E-state index is 12.3. The van der Waals surface area contributed by atoms with Gasteiger partial charge in [0.15, 0.2) is 5.13 Å². The number of aromatic amines is 1. The topological polar surface area (TPSA) is 113 Å². The number of H-pyrrole nitrogens is 1. The molecule has 0 fully saturated rings. The number of thiazole rings is 1. The summed E-state index contributed by atoms with van der Waals surface area (Å²) in [5.41, 5.74) is 1.67. The van der Waals surface area contributed by atoms with Gasteiger partial charge in [0, 0.05) is 12.1 Å². The van der Waals surface area contributed by atoms with E-state index < -0.39 is 5.97 Å². The third-order valence-corrected chi connectivity index (χ3v) is 6.36. The number of hydrogen-bond donors (Lipinski definition) is 3. The summed E-state index contributed by atoms with van der Waals surface area (Å²) in [6.45, 7) is 0. The molecule has 0 saturated carbocycles. The fraction of sp³-hybridized carbons (Fsp3) is 0.176. The molecule has 0 aliphatic carbocycles. The van der Waals surface area contributed by atoms with E-state index in [9.17, 15) is 14.4 Å². The number of nitrogens with zero attached hydrogens (tertiary/aromatic N) is 1. The molecule has 11 heteroatoms. The lowest BCUT2D eigenvalue weighted by molar-refractivity contribution is -0.141. The van der Waals surface area contributed by atoms with Crippen molar-refractivity contribution in [2.75, 3.05) is 17.7 Å². The third kappa shape index (κ3) is 4.97. The second kappa shape index (κ2) is 8.84. The summed E-state index contributed by atoms with van der Waals surface area (Å²) in [6.07, 6.45) is 0.0578. The fourth-order valence-electron chi connectivity index (χ4n) is 2.29. The SMILES string of the molecule is COC(=O)CCC(=O)Nc1ccc2nc(NC(=O)c3cc(Br)c(Br)[nH]3)sc2c1. The van der Waals surface area contributed by atoms with Gasteiger partial charge in [-0.3, -0.25) is 19.7 Å². The van der Waals surface area contributed by atoms with Crippen molar-refractivity contribution in [2.45, 2.75) is 12.8 Å². The molecule has 0 spiro atoms. The molecule has 2 aromatic heterocycles. The summed E-state index contributed by atoms with van der Waals surface area (Å²) in [6, 6.07) is 6.89. The number of carbonyl (C=O) groups excluding carboxylic acids is 3. The second-order valence-electron chi connectivity index (χ2n) is 5.62. The first kappa shape index (κ1) is 20.5. The van der Waals surface area contributed by atoms with Gasteiger partial charge in [-0.05, 0) is 56.1 Å². The fourth-order valence-corrected chi connectivity index (χ4v) is 3.84. The summed E-state index contributed by atoms with van der Waals surface area (Å²) in [5, 5.41) is 5.91. The maximum absolute atomic E-state index is 12.3. The van der Waals surface area contributed by atoms with Gasteiger partial charge in [-0.2, -0.15) is 0 Å². The number of hydrogen-bond acceptors (Lipinski definition) is 6. The number of nitrogens with one attached hydrogen (secondary N) is 3. The van der Waals surface area contributed by atoms with E-state index in [0.717, 1.165) is 9.17 Å². The van der Waals surface area contributed by atoms with E-state index in [1.807, 2.05) is 0 Å². The maximum Gasteiger partial charge on any atom is 0.306 e. The van der Waals surface area contributed by atoms with Gasteiger partial charge in [-0.1, -0.05) is 11.3 Å². The number of fused-ring (bicyclic) bond motifs is 1. The van der Waals surface area contributed by atoms with Crippen molar-refractivity contribution in [3.63, 3.8) is 0 Å². The summed E-state index contributed by atoms with van der Waals surface area (Å²) in [7, 11) is 1.28. The molecule has 0 radical (unpaired) electrons. The van der Waals surface area contributed by atoms with Crippen LogP contribution in [0.3, 0.4) is 0 Å². The molecule has 28 heavy (non-hydrogen) atoms. The Kier molecular flexibility index (Phi) is 6.47. The Labute approximate surface area is 180 Å². The first-order valence-corrected chi connectivity index (χ1v) is 10.4. The summed E-state index contributed by atoms with van der Waals surface area (Å²) >= 11 is 7.90. The van der Waals surface area contributed by atoms with Gasteiger partial charge in [0.05, 0.1) is 32.8 Å². The average molecular weight is 530 g/mol. The summed E-state index contributed by atoms with van der Waals surface area (Å²) in [4.78, 5) is 42.6.